The number of halogens is 2. The molecule has 4 heteroatoms. The largest absolute Gasteiger partial charge is 0.492 e. The van der Waals surface area contributed by atoms with Crippen molar-refractivity contribution >= 4 is 5.69 Å². The molecule has 0 radical (unpaired) electrons. The Morgan fingerprint density at radius 1 is 1.10 bits per heavy atom. The first-order valence-corrected chi connectivity index (χ1v) is 6.53. The highest BCUT2D eigenvalue weighted by Crippen LogP contribution is 2.25. The van der Waals surface area contributed by atoms with Gasteiger partial charge < -0.3 is 10.1 Å². The van der Waals surface area contributed by atoms with E-state index in [4.69, 9.17) is 4.74 Å². The lowest BCUT2D eigenvalue weighted by molar-refractivity contribution is 0.151. The molecule has 0 aliphatic heterocycles. The van der Waals surface area contributed by atoms with Gasteiger partial charge in [0.15, 0.2) is 0 Å². The molecule has 0 fully saturated rings. The fourth-order valence-corrected chi connectivity index (χ4v) is 1.93. The lowest BCUT2D eigenvalue weighted by Crippen LogP contribution is -2.03. The predicted octanol–water partition coefficient (Wildman–Crippen LogP) is 4.64. The van der Waals surface area contributed by atoms with E-state index in [0.717, 1.165) is 17.0 Å². The molecule has 20 heavy (non-hydrogen) atoms. The van der Waals surface area contributed by atoms with E-state index in [1.807, 2.05) is 37.3 Å². The number of hydrogen-bond acceptors (Lipinski definition) is 2. The summed E-state index contributed by atoms with van der Waals surface area (Å²) in [5.74, 6) is 0.764. The molecule has 0 saturated carbocycles. The molecule has 0 amide bonds. The van der Waals surface area contributed by atoms with Gasteiger partial charge in [0.1, 0.15) is 5.75 Å². The summed E-state index contributed by atoms with van der Waals surface area (Å²) < 4.78 is 30.8. The van der Waals surface area contributed by atoms with Crippen molar-refractivity contribution in [1.29, 1.82) is 0 Å². The molecule has 2 nitrogen and oxygen atoms in total. The molecule has 2 aromatic rings. The molecule has 2 aromatic carbocycles. The Balaban J connectivity index is 2.07. The van der Waals surface area contributed by atoms with E-state index < -0.39 is 6.43 Å². The van der Waals surface area contributed by atoms with E-state index >= 15 is 0 Å². The molecule has 0 aliphatic rings. The highest BCUT2D eigenvalue weighted by Gasteiger charge is 2.07. The number of anilines is 1. The molecule has 0 unspecified atom stereocenters. The van der Waals surface area contributed by atoms with Gasteiger partial charge in [-0.05, 0) is 30.7 Å². The maximum atomic E-state index is 12.6. The predicted molar refractivity (Wildman–Crippen MR) is 76.3 cm³/mol. The second-order valence-corrected chi connectivity index (χ2v) is 4.33. The summed E-state index contributed by atoms with van der Waals surface area (Å²) in [4.78, 5) is 0. The van der Waals surface area contributed by atoms with Crippen LogP contribution < -0.4 is 10.1 Å². The Kier molecular flexibility index (Phi) is 4.93. The smallest absolute Gasteiger partial charge is 0.263 e. The van der Waals surface area contributed by atoms with Crippen molar-refractivity contribution in [2.75, 3.05) is 11.9 Å². The highest BCUT2D eigenvalue weighted by atomic mass is 19.3. The number of para-hydroxylation sites is 2. The Bertz CT molecular complexity index is 558. The molecular formula is C16H17F2NO. The Morgan fingerprint density at radius 3 is 2.65 bits per heavy atom. The monoisotopic (exact) mass is 277 g/mol. The van der Waals surface area contributed by atoms with Crippen molar-refractivity contribution < 1.29 is 13.5 Å². The van der Waals surface area contributed by atoms with Gasteiger partial charge in [0.2, 0.25) is 0 Å². The van der Waals surface area contributed by atoms with Crippen LogP contribution in [0.2, 0.25) is 0 Å². The van der Waals surface area contributed by atoms with Gasteiger partial charge in [0, 0.05) is 12.1 Å². The number of rotatable bonds is 6. The van der Waals surface area contributed by atoms with Crippen molar-refractivity contribution in [3.8, 4) is 5.75 Å². The molecule has 0 bridgehead atoms. The minimum atomic E-state index is -2.44. The van der Waals surface area contributed by atoms with Crippen LogP contribution in [0.15, 0.2) is 48.5 Å². The second kappa shape index (κ2) is 6.89. The molecular weight excluding hydrogens is 260 g/mol. The van der Waals surface area contributed by atoms with Crippen molar-refractivity contribution in [2.45, 2.75) is 19.9 Å². The first kappa shape index (κ1) is 14.3. The topological polar surface area (TPSA) is 21.3 Å². The standard InChI is InChI=1S/C16H17F2NO/c1-2-20-15-9-4-3-8-14(15)19-11-12-6-5-7-13(10-12)16(17)18/h3-10,16,19H,2,11H2,1H3. The van der Waals surface area contributed by atoms with Gasteiger partial charge in [-0.1, -0.05) is 30.3 Å². The van der Waals surface area contributed by atoms with E-state index in [-0.39, 0.29) is 5.56 Å². The first-order chi connectivity index (χ1) is 9.70. The van der Waals surface area contributed by atoms with E-state index in [2.05, 4.69) is 5.32 Å². The zero-order valence-electron chi connectivity index (χ0n) is 11.3. The van der Waals surface area contributed by atoms with Crippen molar-refractivity contribution in [1.82, 2.24) is 0 Å². The Hall–Kier alpha value is -2.10. The van der Waals surface area contributed by atoms with Crippen LogP contribution >= 0.6 is 0 Å². The lowest BCUT2D eigenvalue weighted by Gasteiger charge is -2.12. The number of nitrogens with one attached hydrogen (secondary N) is 1. The Labute approximate surface area is 117 Å². The van der Waals surface area contributed by atoms with E-state index in [1.54, 1.807) is 6.07 Å². The summed E-state index contributed by atoms with van der Waals surface area (Å²) in [7, 11) is 0. The van der Waals surface area contributed by atoms with Crippen LogP contribution in [0.4, 0.5) is 14.5 Å². The number of benzene rings is 2. The Morgan fingerprint density at radius 2 is 1.90 bits per heavy atom. The fraction of sp³-hybridized carbons (Fsp3) is 0.250. The van der Waals surface area contributed by atoms with Crippen LogP contribution in [-0.2, 0) is 6.54 Å². The molecule has 0 heterocycles. The molecule has 0 aromatic heterocycles. The number of ether oxygens (including phenoxy) is 1. The quantitative estimate of drug-likeness (QED) is 0.830. The van der Waals surface area contributed by atoms with Crippen LogP contribution in [0.1, 0.15) is 24.5 Å². The van der Waals surface area contributed by atoms with Gasteiger partial charge in [-0.25, -0.2) is 8.78 Å². The normalized spacial score (nSPS) is 10.6. The summed E-state index contributed by atoms with van der Waals surface area (Å²) in [6.07, 6.45) is -2.44. The fourth-order valence-electron chi connectivity index (χ4n) is 1.93. The summed E-state index contributed by atoms with van der Waals surface area (Å²) >= 11 is 0. The molecule has 0 spiro atoms. The summed E-state index contributed by atoms with van der Waals surface area (Å²) in [6, 6.07) is 14.0. The lowest BCUT2D eigenvalue weighted by atomic mass is 10.1. The van der Waals surface area contributed by atoms with Crippen LogP contribution in [-0.4, -0.2) is 6.61 Å². The number of hydrogen-bond donors (Lipinski definition) is 1. The average Bonchev–Trinajstić information content (AvgIpc) is 2.47. The third kappa shape index (κ3) is 3.70. The van der Waals surface area contributed by atoms with Crippen LogP contribution in [0.5, 0.6) is 5.75 Å². The number of alkyl halides is 2. The zero-order chi connectivity index (χ0) is 14.4. The maximum absolute atomic E-state index is 12.6. The third-order valence-corrected chi connectivity index (χ3v) is 2.87. The molecule has 0 aliphatic carbocycles. The van der Waals surface area contributed by atoms with E-state index in [9.17, 15) is 8.78 Å². The maximum Gasteiger partial charge on any atom is 0.263 e. The van der Waals surface area contributed by atoms with Crippen molar-refractivity contribution in [2.24, 2.45) is 0 Å². The van der Waals surface area contributed by atoms with Crippen molar-refractivity contribution in [3.63, 3.8) is 0 Å². The van der Waals surface area contributed by atoms with E-state index in [0.29, 0.717) is 13.2 Å². The molecule has 0 saturated heterocycles. The summed E-state index contributed by atoms with van der Waals surface area (Å²) in [5.41, 5.74) is 1.72. The van der Waals surface area contributed by atoms with Gasteiger partial charge in [0.05, 0.1) is 12.3 Å². The van der Waals surface area contributed by atoms with Gasteiger partial charge >= 0.3 is 0 Å². The average molecular weight is 277 g/mol. The second-order valence-electron chi connectivity index (χ2n) is 4.33. The highest BCUT2D eigenvalue weighted by molar-refractivity contribution is 5.56. The van der Waals surface area contributed by atoms with Gasteiger partial charge in [-0.3, -0.25) is 0 Å². The van der Waals surface area contributed by atoms with Crippen LogP contribution in [0.25, 0.3) is 0 Å². The summed E-state index contributed by atoms with van der Waals surface area (Å²) in [6.45, 7) is 2.98. The minimum Gasteiger partial charge on any atom is -0.492 e. The molecule has 1 N–H and O–H groups in total. The van der Waals surface area contributed by atoms with Gasteiger partial charge in [-0.2, -0.15) is 0 Å². The molecule has 2 rings (SSSR count). The van der Waals surface area contributed by atoms with Crippen LogP contribution in [0, 0.1) is 0 Å². The van der Waals surface area contributed by atoms with Gasteiger partial charge in [-0.15, -0.1) is 0 Å². The van der Waals surface area contributed by atoms with Crippen LogP contribution in [0.3, 0.4) is 0 Å². The summed E-state index contributed by atoms with van der Waals surface area (Å²) in [5, 5.41) is 3.21. The van der Waals surface area contributed by atoms with E-state index in [1.165, 1.54) is 12.1 Å². The zero-order valence-corrected chi connectivity index (χ0v) is 11.3. The molecule has 0 atom stereocenters. The van der Waals surface area contributed by atoms with Crippen molar-refractivity contribution in [3.05, 3.63) is 59.7 Å². The SMILES string of the molecule is CCOc1ccccc1NCc1cccc(C(F)F)c1. The minimum absolute atomic E-state index is 0.0439. The third-order valence-electron chi connectivity index (χ3n) is 2.87. The first-order valence-electron chi connectivity index (χ1n) is 6.53. The molecule has 106 valence electrons. The van der Waals surface area contributed by atoms with Gasteiger partial charge in [0.25, 0.3) is 6.43 Å².